The molecule has 0 aliphatic carbocycles. The lowest BCUT2D eigenvalue weighted by Gasteiger charge is -2.01. The Hall–Kier alpha value is -1.24. The fraction of sp³-hybridized carbons (Fsp3) is 0.429. The van der Waals surface area contributed by atoms with Gasteiger partial charge in [0.15, 0.2) is 0 Å². The topological polar surface area (TPSA) is 15.8 Å². The molecule has 1 heterocycles. The number of aryl methyl sites for hydroxylation is 3. The molecule has 0 atom stereocenters. The predicted octanol–water partition coefficient (Wildman–Crippen LogP) is 4.13. The van der Waals surface area contributed by atoms with E-state index in [1.165, 1.54) is 46.9 Å². The lowest BCUT2D eigenvalue weighted by atomic mass is 10.0. The number of hydrogen-bond donors (Lipinski definition) is 1. The molecule has 0 spiro atoms. The van der Waals surface area contributed by atoms with Crippen LogP contribution in [0.15, 0.2) is 18.3 Å². The second-order valence-corrected chi connectivity index (χ2v) is 4.42. The number of unbranched alkanes of at least 4 members (excludes halogenated alkanes) is 1. The van der Waals surface area contributed by atoms with E-state index in [0.717, 1.165) is 0 Å². The molecule has 0 radical (unpaired) electrons. The van der Waals surface area contributed by atoms with Gasteiger partial charge in [-0.15, -0.1) is 0 Å². The van der Waals surface area contributed by atoms with E-state index in [2.05, 4.69) is 44.1 Å². The molecule has 0 fully saturated rings. The first kappa shape index (κ1) is 10.3. The van der Waals surface area contributed by atoms with Gasteiger partial charge in [0.05, 0.1) is 0 Å². The fourth-order valence-electron chi connectivity index (χ4n) is 2.22. The summed E-state index contributed by atoms with van der Waals surface area (Å²) >= 11 is 0. The standard InChI is InChI=1S/C14H19N/c1-4-5-6-12-9-15-14-11(3)7-10(2)8-13(12)14/h7-9,15H,4-6H2,1-3H3. The zero-order valence-corrected chi connectivity index (χ0v) is 9.85. The average molecular weight is 201 g/mol. The van der Waals surface area contributed by atoms with Crippen LogP contribution in [-0.2, 0) is 6.42 Å². The number of hydrogen-bond acceptors (Lipinski definition) is 0. The molecule has 1 aromatic carbocycles. The molecular formula is C14H19N. The van der Waals surface area contributed by atoms with Crippen molar-refractivity contribution < 1.29 is 0 Å². The normalized spacial score (nSPS) is 11.1. The lowest BCUT2D eigenvalue weighted by molar-refractivity contribution is 0.799. The van der Waals surface area contributed by atoms with Crippen molar-refractivity contribution in [2.24, 2.45) is 0 Å². The molecular weight excluding hydrogens is 182 g/mol. The molecule has 2 rings (SSSR count). The third kappa shape index (κ3) is 1.92. The van der Waals surface area contributed by atoms with Crippen LogP contribution in [0, 0.1) is 13.8 Å². The van der Waals surface area contributed by atoms with Crippen molar-refractivity contribution in [2.45, 2.75) is 40.0 Å². The van der Waals surface area contributed by atoms with Crippen LogP contribution in [0.3, 0.4) is 0 Å². The highest BCUT2D eigenvalue weighted by Crippen LogP contribution is 2.24. The van der Waals surface area contributed by atoms with Crippen molar-refractivity contribution in [3.8, 4) is 0 Å². The van der Waals surface area contributed by atoms with Crippen LogP contribution in [-0.4, -0.2) is 4.98 Å². The number of nitrogens with one attached hydrogen (secondary N) is 1. The van der Waals surface area contributed by atoms with Gasteiger partial charge in [-0.3, -0.25) is 0 Å². The molecule has 0 aliphatic rings. The van der Waals surface area contributed by atoms with E-state index in [0.29, 0.717) is 0 Å². The van der Waals surface area contributed by atoms with Gasteiger partial charge >= 0.3 is 0 Å². The SMILES string of the molecule is CCCCc1c[nH]c2c(C)cc(C)cc12. The summed E-state index contributed by atoms with van der Waals surface area (Å²) in [6.07, 6.45) is 5.91. The highest BCUT2D eigenvalue weighted by molar-refractivity contribution is 5.86. The Morgan fingerprint density at radius 1 is 1.20 bits per heavy atom. The minimum atomic E-state index is 1.19. The van der Waals surface area contributed by atoms with E-state index in [-0.39, 0.29) is 0 Å². The summed E-state index contributed by atoms with van der Waals surface area (Å²) in [5.41, 5.74) is 5.50. The first-order valence-corrected chi connectivity index (χ1v) is 5.79. The highest BCUT2D eigenvalue weighted by atomic mass is 14.7. The van der Waals surface area contributed by atoms with E-state index in [9.17, 15) is 0 Å². The van der Waals surface area contributed by atoms with E-state index < -0.39 is 0 Å². The van der Waals surface area contributed by atoms with Gasteiger partial charge in [0, 0.05) is 17.1 Å². The Morgan fingerprint density at radius 3 is 2.73 bits per heavy atom. The predicted molar refractivity (Wildman–Crippen MR) is 66.4 cm³/mol. The molecule has 80 valence electrons. The second-order valence-electron chi connectivity index (χ2n) is 4.42. The van der Waals surface area contributed by atoms with Crippen molar-refractivity contribution in [3.63, 3.8) is 0 Å². The van der Waals surface area contributed by atoms with E-state index in [4.69, 9.17) is 0 Å². The van der Waals surface area contributed by atoms with Gasteiger partial charge in [-0.1, -0.05) is 25.0 Å². The average Bonchev–Trinajstić information content (AvgIpc) is 2.58. The molecule has 1 heteroatoms. The number of aromatic amines is 1. The van der Waals surface area contributed by atoms with Gasteiger partial charge in [-0.25, -0.2) is 0 Å². The van der Waals surface area contributed by atoms with Crippen molar-refractivity contribution in [2.75, 3.05) is 0 Å². The summed E-state index contributed by atoms with van der Waals surface area (Å²) in [5, 5.41) is 1.42. The minimum Gasteiger partial charge on any atom is -0.361 e. The Kier molecular flexibility index (Phi) is 2.81. The quantitative estimate of drug-likeness (QED) is 0.768. The Bertz CT molecular complexity index is 465. The minimum absolute atomic E-state index is 1.19. The van der Waals surface area contributed by atoms with Gasteiger partial charge in [0.25, 0.3) is 0 Å². The van der Waals surface area contributed by atoms with Gasteiger partial charge in [-0.2, -0.15) is 0 Å². The highest BCUT2D eigenvalue weighted by Gasteiger charge is 2.05. The third-order valence-corrected chi connectivity index (χ3v) is 3.02. The Labute approximate surface area is 91.5 Å². The van der Waals surface area contributed by atoms with Crippen LogP contribution in [0.25, 0.3) is 10.9 Å². The number of H-pyrrole nitrogens is 1. The van der Waals surface area contributed by atoms with Crippen LogP contribution >= 0.6 is 0 Å². The molecule has 1 nitrogen and oxygen atoms in total. The summed E-state index contributed by atoms with van der Waals surface area (Å²) in [6.45, 7) is 6.59. The van der Waals surface area contributed by atoms with Crippen molar-refractivity contribution >= 4 is 10.9 Å². The first-order valence-electron chi connectivity index (χ1n) is 5.79. The third-order valence-electron chi connectivity index (χ3n) is 3.02. The summed E-state index contributed by atoms with van der Waals surface area (Å²) in [4.78, 5) is 3.39. The van der Waals surface area contributed by atoms with E-state index in [1.807, 2.05) is 0 Å². The Morgan fingerprint density at radius 2 is 2.00 bits per heavy atom. The molecule has 1 aromatic heterocycles. The van der Waals surface area contributed by atoms with Gasteiger partial charge in [0.2, 0.25) is 0 Å². The maximum Gasteiger partial charge on any atom is 0.0486 e. The molecule has 0 aliphatic heterocycles. The first-order chi connectivity index (χ1) is 7.22. The van der Waals surface area contributed by atoms with E-state index in [1.54, 1.807) is 0 Å². The van der Waals surface area contributed by atoms with Crippen molar-refractivity contribution in [1.29, 1.82) is 0 Å². The molecule has 0 bridgehead atoms. The maximum absolute atomic E-state index is 3.39. The molecule has 0 saturated heterocycles. The monoisotopic (exact) mass is 201 g/mol. The van der Waals surface area contributed by atoms with Gasteiger partial charge in [-0.05, 0) is 43.9 Å². The molecule has 15 heavy (non-hydrogen) atoms. The van der Waals surface area contributed by atoms with Gasteiger partial charge < -0.3 is 4.98 Å². The van der Waals surface area contributed by atoms with Crippen LogP contribution < -0.4 is 0 Å². The number of benzene rings is 1. The molecule has 1 N–H and O–H groups in total. The lowest BCUT2D eigenvalue weighted by Crippen LogP contribution is -1.84. The number of rotatable bonds is 3. The molecule has 0 unspecified atom stereocenters. The van der Waals surface area contributed by atoms with Crippen LogP contribution in [0.2, 0.25) is 0 Å². The zero-order valence-electron chi connectivity index (χ0n) is 9.85. The van der Waals surface area contributed by atoms with E-state index >= 15 is 0 Å². The smallest absolute Gasteiger partial charge is 0.0486 e. The summed E-state index contributed by atoms with van der Waals surface area (Å²) < 4.78 is 0. The Balaban J connectivity index is 2.49. The van der Waals surface area contributed by atoms with Crippen molar-refractivity contribution in [3.05, 3.63) is 35.0 Å². The summed E-state index contributed by atoms with van der Waals surface area (Å²) in [7, 11) is 0. The summed E-state index contributed by atoms with van der Waals surface area (Å²) in [5.74, 6) is 0. The zero-order chi connectivity index (χ0) is 10.8. The van der Waals surface area contributed by atoms with Gasteiger partial charge in [0.1, 0.15) is 0 Å². The molecule has 0 saturated carbocycles. The fourth-order valence-corrected chi connectivity index (χ4v) is 2.22. The maximum atomic E-state index is 3.39. The summed E-state index contributed by atoms with van der Waals surface area (Å²) in [6, 6.07) is 4.53. The van der Waals surface area contributed by atoms with Crippen LogP contribution in [0.5, 0.6) is 0 Å². The largest absolute Gasteiger partial charge is 0.361 e. The number of fused-ring (bicyclic) bond motifs is 1. The van der Waals surface area contributed by atoms with Crippen molar-refractivity contribution in [1.82, 2.24) is 4.98 Å². The second kappa shape index (κ2) is 4.09. The molecule has 2 aromatic rings. The number of aromatic nitrogens is 1. The van der Waals surface area contributed by atoms with Crippen LogP contribution in [0.4, 0.5) is 0 Å². The van der Waals surface area contributed by atoms with Crippen LogP contribution in [0.1, 0.15) is 36.5 Å². The molecule has 0 amide bonds.